The van der Waals surface area contributed by atoms with Crippen molar-refractivity contribution in [3.8, 4) is 5.75 Å². The molecular formula is C18H25BrN2O3Si. The molecule has 136 valence electrons. The molecule has 2 rings (SSSR count). The number of hydrogen-bond acceptors (Lipinski definition) is 3. The lowest BCUT2D eigenvalue weighted by molar-refractivity contribution is 0.0900. The second kappa shape index (κ2) is 8.69. The van der Waals surface area contributed by atoms with E-state index in [4.69, 9.17) is 9.47 Å². The summed E-state index contributed by atoms with van der Waals surface area (Å²) in [4.78, 5) is 17.4. The van der Waals surface area contributed by atoms with E-state index < -0.39 is 8.07 Å². The number of H-pyrrole nitrogens is 1. The molecular weight excluding hydrogens is 400 g/mol. The first-order valence-corrected chi connectivity index (χ1v) is 12.7. The molecule has 0 aliphatic rings. The van der Waals surface area contributed by atoms with Gasteiger partial charge in [0.15, 0.2) is 0 Å². The van der Waals surface area contributed by atoms with Crippen molar-refractivity contribution in [1.82, 2.24) is 4.98 Å². The Hall–Kier alpha value is -1.57. The highest BCUT2D eigenvalue weighted by Crippen LogP contribution is 2.31. The van der Waals surface area contributed by atoms with Crippen LogP contribution in [0.4, 0.5) is 5.69 Å². The van der Waals surface area contributed by atoms with Gasteiger partial charge in [0.25, 0.3) is 5.91 Å². The minimum Gasteiger partial charge on any atom is -0.497 e. The van der Waals surface area contributed by atoms with Crippen molar-refractivity contribution in [2.24, 2.45) is 0 Å². The fourth-order valence-corrected chi connectivity index (χ4v) is 3.55. The molecule has 0 aliphatic heterocycles. The minimum absolute atomic E-state index is 0.111. The summed E-state index contributed by atoms with van der Waals surface area (Å²) in [6, 6.07) is 8.35. The summed E-state index contributed by atoms with van der Waals surface area (Å²) in [7, 11) is 0.443. The fraction of sp³-hybridized carbons (Fsp3) is 0.389. The predicted octanol–water partition coefficient (Wildman–Crippen LogP) is 4.74. The number of amides is 1. The summed E-state index contributed by atoms with van der Waals surface area (Å²) in [6.07, 6.45) is 3.43. The molecule has 0 saturated carbocycles. The zero-order valence-corrected chi connectivity index (χ0v) is 17.7. The van der Waals surface area contributed by atoms with Crippen LogP contribution in [0, 0.1) is 0 Å². The molecule has 0 atom stereocenters. The lowest BCUT2D eigenvalue weighted by atomic mass is 10.2. The Morgan fingerprint density at radius 3 is 2.60 bits per heavy atom. The van der Waals surface area contributed by atoms with E-state index in [0.717, 1.165) is 22.0 Å². The number of nitrogens with zero attached hydrogens (tertiary/aromatic N) is 1. The third-order valence-corrected chi connectivity index (χ3v) is 6.09. The highest BCUT2D eigenvalue weighted by Gasteiger charge is 2.21. The van der Waals surface area contributed by atoms with Crippen LogP contribution in [0.3, 0.4) is 0 Å². The van der Waals surface area contributed by atoms with E-state index in [1.165, 1.54) is 0 Å². The minimum atomic E-state index is -1.17. The van der Waals surface area contributed by atoms with Crippen LogP contribution in [0.25, 0.3) is 0 Å². The Morgan fingerprint density at radius 2 is 2.04 bits per heavy atom. The van der Waals surface area contributed by atoms with Crippen molar-refractivity contribution < 1.29 is 14.3 Å². The number of halogens is 1. The summed E-state index contributed by atoms with van der Waals surface area (Å²) < 4.78 is 11.8. The van der Waals surface area contributed by atoms with E-state index in [9.17, 15) is 4.79 Å². The van der Waals surface area contributed by atoms with Crippen molar-refractivity contribution >= 4 is 35.6 Å². The number of hydrogen-bond donors (Lipinski definition) is 1. The second-order valence-corrected chi connectivity index (χ2v) is 13.5. The largest absolute Gasteiger partial charge is 0.497 e. The van der Waals surface area contributed by atoms with E-state index in [-0.39, 0.29) is 12.6 Å². The van der Waals surface area contributed by atoms with Crippen molar-refractivity contribution in [3.05, 3.63) is 46.7 Å². The average Bonchev–Trinajstić information content (AvgIpc) is 3.08. The summed E-state index contributed by atoms with van der Waals surface area (Å²) in [6.45, 7) is 7.78. The van der Waals surface area contributed by atoms with Crippen LogP contribution in [0.1, 0.15) is 10.4 Å². The third-order valence-electron chi connectivity index (χ3n) is 3.75. The maximum absolute atomic E-state index is 12.9. The Morgan fingerprint density at radius 1 is 1.28 bits per heavy atom. The highest BCUT2D eigenvalue weighted by molar-refractivity contribution is 9.10. The number of benzene rings is 1. The molecule has 0 aliphatic carbocycles. The Balaban J connectivity index is 2.19. The summed E-state index contributed by atoms with van der Waals surface area (Å²) in [5.74, 6) is 0.615. The highest BCUT2D eigenvalue weighted by atomic mass is 79.9. The van der Waals surface area contributed by atoms with Gasteiger partial charge < -0.3 is 14.5 Å². The summed E-state index contributed by atoms with van der Waals surface area (Å²) >= 11 is 3.53. The number of aromatic amines is 1. The van der Waals surface area contributed by atoms with Gasteiger partial charge in [0.2, 0.25) is 0 Å². The normalized spacial score (nSPS) is 11.4. The van der Waals surface area contributed by atoms with Gasteiger partial charge >= 0.3 is 0 Å². The first-order chi connectivity index (χ1) is 11.8. The Kier molecular flexibility index (Phi) is 6.86. The monoisotopic (exact) mass is 424 g/mol. The SMILES string of the molecule is COc1ccc(N(COCC[Si](C)(C)C)C(=O)c2cc[nH]c2)c(Br)c1. The van der Waals surface area contributed by atoms with E-state index in [0.29, 0.717) is 12.2 Å². The predicted molar refractivity (Wildman–Crippen MR) is 107 cm³/mol. The fourth-order valence-electron chi connectivity index (χ4n) is 2.22. The number of ether oxygens (including phenoxy) is 2. The maximum atomic E-state index is 12.9. The number of anilines is 1. The van der Waals surface area contributed by atoms with Crippen molar-refractivity contribution in [2.45, 2.75) is 25.7 Å². The van der Waals surface area contributed by atoms with Gasteiger partial charge in [-0.3, -0.25) is 9.69 Å². The number of nitrogens with one attached hydrogen (secondary N) is 1. The molecule has 5 nitrogen and oxygen atoms in total. The number of carbonyl (C=O) groups is 1. The third kappa shape index (κ3) is 5.73. The molecule has 1 aromatic heterocycles. The van der Waals surface area contributed by atoms with Crippen LogP contribution in [0.5, 0.6) is 5.75 Å². The summed E-state index contributed by atoms with van der Waals surface area (Å²) in [5, 5.41) is 0. The van der Waals surface area contributed by atoms with Crippen LogP contribution >= 0.6 is 15.9 Å². The van der Waals surface area contributed by atoms with E-state index in [1.807, 2.05) is 18.2 Å². The first-order valence-electron chi connectivity index (χ1n) is 8.18. The van der Waals surface area contributed by atoms with Crippen LogP contribution < -0.4 is 9.64 Å². The average molecular weight is 425 g/mol. The molecule has 25 heavy (non-hydrogen) atoms. The molecule has 0 bridgehead atoms. The van der Waals surface area contributed by atoms with Gasteiger partial charge in [-0.25, -0.2) is 0 Å². The lowest BCUT2D eigenvalue weighted by Gasteiger charge is -2.25. The van der Waals surface area contributed by atoms with Gasteiger partial charge in [-0.1, -0.05) is 19.6 Å². The quantitative estimate of drug-likeness (QED) is 0.378. The molecule has 1 amide bonds. The van der Waals surface area contributed by atoms with Gasteiger partial charge in [0, 0.05) is 31.5 Å². The smallest absolute Gasteiger partial charge is 0.261 e. The molecule has 0 saturated heterocycles. The molecule has 0 fully saturated rings. The Bertz CT molecular complexity index is 699. The van der Waals surface area contributed by atoms with E-state index in [2.05, 4.69) is 40.6 Å². The van der Waals surface area contributed by atoms with Gasteiger partial charge in [0.05, 0.1) is 18.4 Å². The summed E-state index contributed by atoms with van der Waals surface area (Å²) in [5.41, 5.74) is 1.34. The molecule has 1 heterocycles. The van der Waals surface area contributed by atoms with E-state index >= 15 is 0 Å². The standard InChI is InChI=1S/C18H25BrN2O3Si/c1-23-15-5-6-17(16(19)11-15)21(13-24-9-10-25(2,3)4)18(22)14-7-8-20-12-14/h5-8,11-12,20H,9-10,13H2,1-4H3. The second-order valence-electron chi connectivity index (χ2n) is 7.00. The Labute approximate surface area is 158 Å². The lowest BCUT2D eigenvalue weighted by Crippen LogP contribution is -2.34. The molecule has 0 unspecified atom stereocenters. The molecule has 0 spiro atoms. The molecule has 0 radical (unpaired) electrons. The molecule has 2 aromatic rings. The van der Waals surface area contributed by atoms with Crippen molar-refractivity contribution in [1.29, 1.82) is 0 Å². The van der Waals surface area contributed by atoms with Crippen LogP contribution in [0.15, 0.2) is 41.1 Å². The number of aromatic nitrogens is 1. The van der Waals surface area contributed by atoms with Crippen LogP contribution in [-0.4, -0.2) is 39.4 Å². The molecule has 1 N–H and O–H groups in total. The van der Waals surface area contributed by atoms with Crippen molar-refractivity contribution in [2.75, 3.05) is 25.3 Å². The first kappa shape index (κ1) is 19.7. The number of carbonyl (C=O) groups excluding carboxylic acids is 1. The molecule has 1 aromatic carbocycles. The van der Waals surface area contributed by atoms with Gasteiger partial charge in [-0.05, 0) is 46.2 Å². The maximum Gasteiger partial charge on any atom is 0.261 e. The van der Waals surface area contributed by atoms with Gasteiger partial charge in [-0.2, -0.15) is 0 Å². The number of rotatable bonds is 8. The zero-order chi connectivity index (χ0) is 18.4. The molecule has 7 heteroatoms. The number of methoxy groups -OCH3 is 1. The van der Waals surface area contributed by atoms with E-state index in [1.54, 1.807) is 30.5 Å². The van der Waals surface area contributed by atoms with Crippen LogP contribution in [-0.2, 0) is 4.74 Å². The zero-order valence-electron chi connectivity index (χ0n) is 15.1. The van der Waals surface area contributed by atoms with Gasteiger partial charge in [-0.15, -0.1) is 0 Å². The van der Waals surface area contributed by atoms with Crippen LogP contribution in [0.2, 0.25) is 25.7 Å². The van der Waals surface area contributed by atoms with Crippen molar-refractivity contribution in [3.63, 3.8) is 0 Å². The topological polar surface area (TPSA) is 54.6 Å². The van der Waals surface area contributed by atoms with Gasteiger partial charge in [0.1, 0.15) is 12.5 Å².